The number of hydrogen-bond donors (Lipinski definition) is 1. The number of nitrogens with one attached hydrogen (secondary N) is 1. The summed E-state index contributed by atoms with van der Waals surface area (Å²) in [5.74, 6) is -0.0970. The Bertz CT molecular complexity index is 616. The maximum absolute atomic E-state index is 11.9. The van der Waals surface area contributed by atoms with Gasteiger partial charge in [-0.2, -0.15) is 0 Å². The van der Waals surface area contributed by atoms with Gasteiger partial charge >= 0.3 is 0 Å². The Hall–Kier alpha value is -1.58. The number of amides is 1. The lowest BCUT2D eigenvalue weighted by atomic mass is 10.1. The molecule has 0 saturated carbocycles. The fraction of sp³-hybridized carbons (Fsp3) is 0.188. The molecule has 1 amide bonds. The molecule has 2 aromatic rings. The van der Waals surface area contributed by atoms with Crippen LogP contribution in [0, 0.1) is 6.92 Å². The monoisotopic (exact) mass is 305 g/mol. The normalized spacial score (nSPS) is 12.6. The number of benzene rings is 1. The number of thiophene rings is 1. The van der Waals surface area contributed by atoms with Crippen molar-refractivity contribution in [2.75, 3.05) is 0 Å². The van der Waals surface area contributed by atoms with Crippen LogP contribution in [-0.4, -0.2) is 5.91 Å². The highest BCUT2D eigenvalue weighted by Crippen LogP contribution is 2.18. The standard InChI is InChI=1S/C16H16ClNOS/c1-11-9-10-20-15(11)7-8-16(19)18-12(2)13-3-5-14(17)6-4-13/h3-10,12H,1-2H3,(H,18,19)/b8-7+/t12-/m1/s1. The molecule has 0 aliphatic carbocycles. The minimum Gasteiger partial charge on any atom is -0.346 e. The van der Waals surface area contributed by atoms with Crippen LogP contribution in [0.4, 0.5) is 0 Å². The topological polar surface area (TPSA) is 29.1 Å². The number of rotatable bonds is 4. The number of hydrogen-bond acceptors (Lipinski definition) is 2. The van der Waals surface area contributed by atoms with Crippen molar-refractivity contribution < 1.29 is 4.79 Å². The maximum Gasteiger partial charge on any atom is 0.244 e. The Kier molecular flexibility index (Phi) is 4.99. The Morgan fingerprint density at radius 3 is 2.60 bits per heavy atom. The fourth-order valence-electron chi connectivity index (χ4n) is 1.80. The first-order chi connectivity index (χ1) is 9.56. The van der Waals surface area contributed by atoms with Crippen LogP contribution in [0.2, 0.25) is 5.02 Å². The molecule has 2 nitrogen and oxygen atoms in total. The average Bonchev–Trinajstić information content (AvgIpc) is 2.82. The van der Waals surface area contributed by atoms with E-state index in [9.17, 15) is 4.79 Å². The summed E-state index contributed by atoms with van der Waals surface area (Å²) < 4.78 is 0. The van der Waals surface area contributed by atoms with Gasteiger partial charge in [-0.25, -0.2) is 0 Å². The summed E-state index contributed by atoms with van der Waals surface area (Å²) in [6, 6.07) is 9.47. The predicted molar refractivity (Wildman–Crippen MR) is 86.1 cm³/mol. The van der Waals surface area contributed by atoms with Crippen molar-refractivity contribution in [1.82, 2.24) is 5.32 Å². The predicted octanol–water partition coefficient (Wildman–Crippen LogP) is 4.60. The van der Waals surface area contributed by atoms with Crippen LogP contribution < -0.4 is 5.32 Å². The third-order valence-corrected chi connectivity index (χ3v) is 4.25. The molecule has 1 atom stereocenters. The van der Waals surface area contributed by atoms with E-state index in [1.165, 1.54) is 5.56 Å². The van der Waals surface area contributed by atoms with Gasteiger partial charge in [0.05, 0.1) is 6.04 Å². The van der Waals surface area contributed by atoms with Gasteiger partial charge in [0.25, 0.3) is 0 Å². The molecule has 0 radical (unpaired) electrons. The molecule has 2 rings (SSSR count). The molecular formula is C16H16ClNOS. The van der Waals surface area contributed by atoms with Crippen LogP contribution in [0.1, 0.15) is 29.0 Å². The zero-order valence-electron chi connectivity index (χ0n) is 11.4. The number of aryl methyl sites for hydroxylation is 1. The van der Waals surface area contributed by atoms with Gasteiger partial charge < -0.3 is 5.32 Å². The zero-order valence-corrected chi connectivity index (χ0v) is 13.0. The fourth-order valence-corrected chi connectivity index (χ4v) is 2.75. The molecule has 1 aromatic carbocycles. The third kappa shape index (κ3) is 3.95. The molecule has 4 heteroatoms. The smallest absolute Gasteiger partial charge is 0.244 e. The van der Waals surface area contributed by atoms with Gasteiger partial charge in [-0.15, -0.1) is 11.3 Å². The van der Waals surface area contributed by atoms with E-state index in [2.05, 4.69) is 5.32 Å². The quantitative estimate of drug-likeness (QED) is 0.822. The summed E-state index contributed by atoms with van der Waals surface area (Å²) in [5, 5.41) is 5.65. The average molecular weight is 306 g/mol. The molecule has 1 heterocycles. The van der Waals surface area contributed by atoms with E-state index in [4.69, 9.17) is 11.6 Å². The Morgan fingerprint density at radius 2 is 2.00 bits per heavy atom. The molecule has 20 heavy (non-hydrogen) atoms. The second kappa shape index (κ2) is 6.73. The molecular weight excluding hydrogens is 290 g/mol. The summed E-state index contributed by atoms with van der Waals surface area (Å²) in [6.07, 6.45) is 3.43. The molecule has 0 unspecified atom stereocenters. The summed E-state index contributed by atoms with van der Waals surface area (Å²) in [7, 11) is 0. The number of halogens is 1. The number of carbonyl (C=O) groups is 1. The first-order valence-corrected chi connectivity index (χ1v) is 7.60. The summed E-state index contributed by atoms with van der Waals surface area (Å²) in [4.78, 5) is 13.0. The van der Waals surface area contributed by atoms with Gasteiger partial charge in [0.1, 0.15) is 0 Å². The first-order valence-electron chi connectivity index (χ1n) is 6.34. The molecule has 104 valence electrons. The summed E-state index contributed by atoms with van der Waals surface area (Å²) >= 11 is 7.47. The minimum absolute atomic E-state index is 0.0474. The van der Waals surface area contributed by atoms with Crippen molar-refractivity contribution in [2.24, 2.45) is 0 Å². The van der Waals surface area contributed by atoms with Crippen molar-refractivity contribution in [1.29, 1.82) is 0 Å². The molecule has 0 bridgehead atoms. The molecule has 0 fully saturated rings. The SMILES string of the molecule is Cc1ccsc1/C=C/C(=O)N[C@H](C)c1ccc(Cl)cc1. The van der Waals surface area contributed by atoms with E-state index in [0.29, 0.717) is 5.02 Å². The lowest BCUT2D eigenvalue weighted by Crippen LogP contribution is -2.24. The Labute approximate surface area is 128 Å². The lowest BCUT2D eigenvalue weighted by Gasteiger charge is -2.12. The zero-order chi connectivity index (χ0) is 14.5. The first kappa shape index (κ1) is 14.8. The highest BCUT2D eigenvalue weighted by molar-refractivity contribution is 7.11. The third-order valence-electron chi connectivity index (χ3n) is 3.02. The number of carbonyl (C=O) groups excluding carboxylic acids is 1. The van der Waals surface area contributed by atoms with Crippen molar-refractivity contribution >= 4 is 34.9 Å². The molecule has 0 aliphatic rings. The highest BCUT2D eigenvalue weighted by atomic mass is 35.5. The van der Waals surface area contributed by atoms with Crippen molar-refractivity contribution in [3.63, 3.8) is 0 Å². The Balaban J connectivity index is 1.96. The molecule has 0 saturated heterocycles. The van der Waals surface area contributed by atoms with Crippen LogP contribution in [0.3, 0.4) is 0 Å². The van der Waals surface area contributed by atoms with Crippen molar-refractivity contribution in [3.8, 4) is 0 Å². The maximum atomic E-state index is 11.9. The second-order valence-electron chi connectivity index (χ2n) is 4.58. The van der Waals surface area contributed by atoms with E-state index < -0.39 is 0 Å². The van der Waals surface area contributed by atoms with E-state index in [0.717, 1.165) is 10.4 Å². The highest BCUT2D eigenvalue weighted by Gasteiger charge is 2.07. The Morgan fingerprint density at radius 1 is 1.30 bits per heavy atom. The summed E-state index contributed by atoms with van der Waals surface area (Å²) in [6.45, 7) is 3.98. The van der Waals surface area contributed by atoms with Crippen LogP contribution in [0.15, 0.2) is 41.8 Å². The van der Waals surface area contributed by atoms with Gasteiger partial charge in [0, 0.05) is 16.0 Å². The van der Waals surface area contributed by atoms with E-state index in [1.54, 1.807) is 17.4 Å². The van der Waals surface area contributed by atoms with Crippen LogP contribution in [0.25, 0.3) is 6.08 Å². The van der Waals surface area contributed by atoms with Gasteiger partial charge in [-0.05, 0) is 54.6 Å². The largest absolute Gasteiger partial charge is 0.346 e. The van der Waals surface area contributed by atoms with Gasteiger partial charge in [-0.3, -0.25) is 4.79 Å². The molecule has 0 aliphatic heterocycles. The minimum atomic E-state index is -0.0970. The van der Waals surface area contributed by atoms with E-state index in [-0.39, 0.29) is 11.9 Å². The van der Waals surface area contributed by atoms with Gasteiger partial charge in [-0.1, -0.05) is 23.7 Å². The van der Waals surface area contributed by atoms with Crippen LogP contribution >= 0.6 is 22.9 Å². The van der Waals surface area contributed by atoms with Crippen molar-refractivity contribution in [3.05, 3.63) is 62.8 Å². The van der Waals surface area contributed by atoms with Crippen LogP contribution in [0.5, 0.6) is 0 Å². The molecule has 1 aromatic heterocycles. The van der Waals surface area contributed by atoms with Crippen molar-refractivity contribution in [2.45, 2.75) is 19.9 Å². The molecule has 1 N–H and O–H groups in total. The van der Waals surface area contributed by atoms with Crippen LogP contribution in [-0.2, 0) is 4.79 Å². The van der Waals surface area contributed by atoms with Gasteiger partial charge in [0.2, 0.25) is 5.91 Å². The second-order valence-corrected chi connectivity index (χ2v) is 5.97. The van der Waals surface area contributed by atoms with E-state index >= 15 is 0 Å². The lowest BCUT2D eigenvalue weighted by molar-refractivity contribution is -0.117. The van der Waals surface area contributed by atoms with E-state index in [1.807, 2.05) is 55.6 Å². The summed E-state index contributed by atoms with van der Waals surface area (Å²) in [5.41, 5.74) is 2.22. The van der Waals surface area contributed by atoms with Gasteiger partial charge in [0.15, 0.2) is 0 Å². The molecule has 0 spiro atoms.